The number of benzene rings is 1. The highest BCUT2D eigenvalue weighted by molar-refractivity contribution is 5.79. The molecule has 2 aromatic rings. The van der Waals surface area contributed by atoms with Gasteiger partial charge in [-0.1, -0.05) is 36.4 Å². The Morgan fingerprint density at radius 3 is 2.54 bits per heavy atom. The highest BCUT2D eigenvalue weighted by Crippen LogP contribution is 2.02. The molecular weight excluding hydrogens is 296 g/mol. The summed E-state index contributed by atoms with van der Waals surface area (Å²) in [6, 6.07) is 14.8. The van der Waals surface area contributed by atoms with E-state index in [1.54, 1.807) is 0 Å². The zero-order valence-electron chi connectivity index (χ0n) is 14.8. The summed E-state index contributed by atoms with van der Waals surface area (Å²) in [7, 11) is 0. The van der Waals surface area contributed by atoms with Gasteiger partial charge in [-0.05, 0) is 50.3 Å². The maximum absolute atomic E-state index is 4.65. The standard InChI is InChI=1S/C20H28N4/c1-3-21-20(22-14-7-10-18-8-5-4-6-9-18)23-15-13-19-12-11-17(2)24-16-19/h4-6,8-9,11-12,16H,3,7,10,13-15H2,1-2H3,(H2,21,22,23). The Morgan fingerprint density at radius 1 is 1.00 bits per heavy atom. The summed E-state index contributed by atoms with van der Waals surface area (Å²) in [5.41, 5.74) is 3.67. The van der Waals surface area contributed by atoms with Crippen LogP contribution in [0.4, 0.5) is 0 Å². The first-order valence-electron chi connectivity index (χ1n) is 8.75. The Morgan fingerprint density at radius 2 is 1.83 bits per heavy atom. The van der Waals surface area contributed by atoms with Gasteiger partial charge in [0.1, 0.15) is 0 Å². The van der Waals surface area contributed by atoms with E-state index in [1.165, 1.54) is 11.1 Å². The summed E-state index contributed by atoms with van der Waals surface area (Å²) in [4.78, 5) is 8.98. The molecule has 0 radical (unpaired) electrons. The molecular formula is C20H28N4. The van der Waals surface area contributed by atoms with Crippen LogP contribution in [0.1, 0.15) is 30.2 Å². The average molecular weight is 324 g/mol. The van der Waals surface area contributed by atoms with Crippen molar-refractivity contribution in [2.75, 3.05) is 19.6 Å². The van der Waals surface area contributed by atoms with Crippen molar-refractivity contribution in [1.82, 2.24) is 15.6 Å². The van der Waals surface area contributed by atoms with E-state index in [0.29, 0.717) is 0 Å². The van der Waals surface area contributed by atoms with Gasteiger partial charge in [0.25, 0.3) is 0 Å². The molecule has 24 heavy (non-hydrogen) atoms. The lowest BCUT2D eigenvalue weighted by Gasteiger charge is -2.11. The summed E-state index contributed by atoms with van der Waals surface area (Å²) >= 11 is 0. The molecule has 0 spiro atoms. The fraction of sp³-hybridized carbons (Fsp3) is 0.400. The Balaban J connectivity index is 1.72. The van der Waals surface area contributed by atoms with Crippen LogP contribution in [0.5, 0.6) is 0 Å². The zero-order valence-corrected chi connectivity index (χ0v) is 14.8. The zero-order chi connectivity index (χ0) is 17.0. The van der Waals surface area contributed by atoms with Crippen LogP contribution in [0.3, 0.4) is 0 Å². The van der Waals surface area contributed by atoms with Crippen LogP contribution >= 0.6 is 0 Å². The van der Waals surface area contributed by atoms with Gasteiger partial charge in [0, 0.05) is 31.5 Å². The Kier molecular flexibility index (Phi) is 7.81. The van der Waals surface area contributed by atoms with Crippen LogP contribution in [0, 0.1) is 6.92 Å². The summed E-state index contributed by atoms with van der Waals surface area (Å²) in [5, 5.41) is 6.69. The highest BCUT2D eigenvalue weighted by Gasteiger charge is 1.98. The summed E-state index contributed by atoms with van der Waals surface area (Å²) < 4.78 is 0. The van der Waals surface area contributed by atoms with Crippen molar-refractivity contribution < 1.29 is 0 Å². The second-order valence-electron chi connectivity index (χ2n) is 5.83. The van der Waals surface area contributed by atoms with Gasteiger partial charge >= 0.3 is 0 Å². The van der Waals surface area contributed by atoms with Gasteiger partial charge < -0.3 is 10.6 Å². The number of aromatic nitrogens is 1. The fourth-order valence-corrected chi connectivity index (χ4v) is 2.43. The van der Waals surface area contributed by atoms with Crippen LogP contribution in [0.15, 0.2) is 53.7 Å². The van der Waals surface area contributed by atoms with E-state index in [4.69, 9.17) is 0 Å². The SMILES string of the molecule is CCNC(=NCCCc1ccccc1)NCCc1ccc(C)nc1. The molecule has 0 unspecified atom stereocenters. The maximum Gasteiger partial charge on any atom is 0.191 e. The van der Waals surface area contributed by atoms with E-state index >= 15 is 0 Å². The summed E-state index contributed by atoms with van der Waals surface area (Å²) in [6.07, 6.45) is 5.02. The summed E-state index contributed by atoms with van der Waals surface area (Å²) in [5.74, 6) is 0.894. The molecule has 0 saturated heterocycles. The first-order chi connectivity index (χ1) is 11.8. The number of nitrogens with one attached hydrogen (secondary N) is 2. The lowest BCUT2D eigenvalue weighted by atomic mass is 10.1. The largest absolute Gasteiger partial charge is 0.357 e. The highest BCUT2D eigenvalue weighted by atomic mass is 15.2. The van der Waals surface area contributed by atoms with E-state index in [0.717, 1.165) is 50.6 Å². The molecule has 0 aliphatic carbocycles. The monoisotopic (exact) mass is 324 g/mol. The number of aryl methyl sites for hydroxylation is 2. The second kappa shape index (κ2) is 10.4. The van der Waals surface area contributed by atoms with Crippen molar-refractivity contribution in [2.45, 2.75) is 33.1 Å². The Bertz CT molecular complexity index is 605. The first-order valence-corrected chi connectivity index (χ1v) is 8.75. The molecule has 0 aliphatic rings. The minimum atomic E-state index is 0.830. The van der Waals surface area contributed by atoms with Crippen molar-refractivity contribution in [3.8, 4) is 0 Å². The molecule has 4 nitrogen and oxygen atoms in total. The number of aliphatic imine (C=N–C) groups is 1. The third kappa shape index (κ3) is 6.82. The Hall–Kier alpha value is -2.36. The van der Waals surface area contributed by atoms with Gasteiger partial charge in [0.15, 0.2) is 5.96 Å². The molecule has 1 aromatic heterocycles. The molecule has 0 fully saturated rings. The number of pyridine rings is 1. The molecule has 0 amide bonds. The van der Waals surface area contributed by atoms with E-state index in [1.807, 2.05) is 13.1 Å². The van der Waals surface area contributed by atoms with Gasteiger partial charge in [0.2, 0.25) is 0 Å². The van der Waals surface area contributed by atoms with Gasteiger partial charge in [-0.3, -0.25) is 9.98 Å². The maximum atomic E-state index is 4.65. The van der Waals surface area contributed by atoms with Crippen LogP contribution in [0.2, 0.25) is 0 Å². The van der Waals surface area contributed by atoms with Crippen molar-refractivity contribution in [1.29, 1.82) is 0 Å². The van der Waals surface area contributed by atoms with E-state index < -0.39 is 0 Å². The first kappa shape index (κ1) is 18.0. The van der Waals surface area contributed by atoms with Gasteiger partial charge in [0.05, 0.1) is 0 Å². The summed E-state index contributed by atoms with van der Waals surface area (Å²) in [6.45, 7) is 6.65. The topological polar surface area (TPSA) is 49.3 Å². The second-order valence-corrected chi connectivity index (χ2v) is 5.83. The van der Waals surface area contributed by atoms with Gasteiger partial charge in [-0.2, -0.15) is 0 Å². The molecule has 0 saturated carbocycles. The number of hydrogen-bond acceptors (Lipinski definition) is 2. The molecule has 1 heterocycles. The van der Waals surface area contributed by atoms with Gasteiger partial charge in [-0.15, -0.1) is 0 Å². The third-order valence-electron chi connectivity index (χ3n) is 3.76. The number of hydrogen-bond donors (Lipinski definition) is 2. The van der Waals surface area contributed by atoms with Crippen LogP contribution < -0.4 is 10.6 Å². The fourth-order valence-electron chi connectivity index (χ4n) is 2.43. The quantitative estimate of drug-likeness (QED) is 0.446. The normalized spacial score (nSPS) is 11.3. The van der Waals surface area contributed by atoms with E-state index in [2.05, 4.69) is 70.0 Å². The van der Waals surface area contributed by atoms with Crippen molar-refractivity contribution in [3.05, 3.63) is 65.5 Å². The lowest BCUT2D eigenvalue weighted by molar-refractivity contribution is 0.775. The van der Waals surface area contributed by atoms with Crippen LogP contribution in [-0.2, 0) is 12.8 Å². The molecule has 1 aromatic carbocycles. The van der Waals surface area contributed by atoms with E-state index in [-0.39, 0.29) is 0 Å². The molecule has 128 valence electrons. The molecule has 0 bridgehead atoms. The van der Waals surface area contributed by atoms with Crippen molar-refractivity contribution in [3.63, 3.8) is 0 Å². The smallest absolute Gasteiger partial charge is 0.191 e. The molecule has 2 rings (SSSR count). The van der Waals surface area contributed by atoms with Crippen molar-refractivity contribution >= 4 is 5.96 Å². The molecule has 2 N–H and O–H groups in total. The minimum absolute atomic E-state index is 0.830. The third-order valence-corrected chi connectivity index (χ3v) is 3.76. The number of guanidine groups is 1. The predicted octanol–water partition coefficient (Wildman–Crippen LogP) is 3.12. The average Bonchev–Trinajstić information content (AvgIpc) is 2.61. The molecule has 0 atom stereocenters. The predicted molar refractivity (Wildman–Crippen MR) is 101 cm³/mol. The number of nitrogens with zero attached hydrogens (tertiary/aromatic N) is 2. The number of rotatable bonds is 8. The molecule has 0 aliphatic heterocycles. The van der Waals surface area contributed by atoms with Crippen LogP contribution in [-0.4, -0.2) is 30.6 Å². The van der Waals surface area contributed by atoms with Crippen molar-refractivity contribution in [2.24, 2.45) is 4.99 Å². The minimum Gasteiger partial charge on any atom is -0.357 e. The van der Waals surface area contributed by atoms with Gasteiger partial charge in [-0.25, -0.2) is 0 Å². The Labute approximate surface area is 145 Å². The van der Waals surface area contributed by atoms with Crippen LogP contribution in [0.25, 0.3) is 0 Å². The lowest BCUT2D eigenvalue weighted by Crippen LogP contribution is -2.38. The molecule has 4 heteroatoms. The van der Waals surface area contributed by atoms with E-state index in [9.17, 15) is 0 Å².